The molecule has 0 fully saturated rings. The summed E-state index contributed by atoms with van der Waals surface area (Å²) in [6, 6.07) is 5.53. The fourth-order valence-electron chi connectivity index (χ4n) is 2.42. The first-order chi connectivity index (χ1) is 10.0. The Kier molecular flexibility index (Phi) is 4.83. The van der Waals surface area contributed by atoms with Crippen molar-refractivity contribution in [2.75, 3.05) is 17.2 Å². The molecule has 1 aromatic carbocycles. The van der Waals surface area contributed by atoms with Crippen molar-refractivity contribution in [2.24, 2.45) is 0 Å². The minimum absolute atomic E-state index is 0.136. The Hall–Kier alpha value is -2.04. The molecule has 0 aliphatic heterocycles. The van der Waals surface area contributed by atoms with Crippen LogP contribution in [0.5, 0.6) is 0 Å². The molecule has 0 aliphatic carbocycles. The van der Waals surface area contributed by atoms with Gasteiger partial charge in [-0.15, -0.1) is 0 Å². The summed E-state index contributed by atoms with van der Waals surface area (Å²) in [6.45, 7) is 7.30. The van der Waals surface area contributed by atoms with E-state index in [1.54, 1.807) is 18.2 Å². The van der Waals surface area contributed by atoms with Crippen LogP contribution < -0.4 is 16.2 Å². The van der Waals surface area contributed by atoms with Crippen molar-refractivity contribution in [2.45, 2.75) is 46.1 Å². The molecule has 0 unspecified atom stereocenters. The minimum Gasteiger partial charge on any atom is -0.399 e. The summed E-state index contributed by atoms with van der Waals surface area (Å²) in [5.41, 5.74) is 6.85. The largest absolute Gasteiger partial charge is 0.399 e. The van der Waals surface area contributed by atoms with Crippen molar-refractivity contribution >= 4 is 22.5 Å². The van der Waals surface area contributed by atoms with Crippen molar-refractivity contribution in [3.05, 3.63) is 28.6 Å². The predicted molar refractivity (Wildman–Crippen MR) is 88.8 cm³/mol. The van der Waals surface area contributed by atoms with E-state index in [1.165, 1.54) is 12.8 Å². The monoisotopic (exact) mass is 288 g/mol. The molecule has 0 amide bonds. The lowest BCUT2D eigenvalue weighted by Gasteiger charge is -2.27. The Balaban J connectivity index is 2.39. The molecule has 1 aromatic heterocycles. The summed E-state index contributed by atoms with van der Waals surface area (Å²) in [5, 5.41) is 0.538. The molecule has 2 aromatic rings. The van der Waals surface area contributed by atoms with Crippen molar-refractivity contribution in [1.82, 2.24) is 9.97 Å². The summed E-state index contributed by atoms with van der Waals surface area (Å²) in [5.74, 6) is 0.642. The van der Waals surface area contributed by atoms with E-state index in [2.05, 4.69) is 35.6 Å². The van der Waals surface area contributed by atoms with Gasteiger partial charge in [-0.1, -0.05) is 19.8 Å². The van der Waals surface area contributed by atoms with Crippen LogP contribution in [0.3, 0.4) is 0 Å². The van der Waals surface area contributed by atoms with Gasteiger partial charge in [0.1, 0.15) is 0 Å². The van der Waals surface area contributed by atoms with E-state index in [-0.39, 0.29) is 11.6 Å². The number of nitrogens with one attached hydrogen (secondary N) is 1. The van der Waals surface area contributed by atoms with E-state index in [9.17, 15) is 4.79 Å². The van der Waals surface area contributed by atoms with Crippen LogP contribution in [-0.2, 0) is 0 Å². The van der Waals surface area contributed by atoms with Crippen LogP contribution in [0.25, 0.3) is 10.9 Å². The summed E-state index contributed by atoms with van der Waals surface area (Å²) in [6.07, 6.45) is 3.45. The lowest BCUT2D eigenvalue weighted by atomic mass is 10.2. The minimum atomic E-state index is -0.136. The van der Waals surface area contributed by atoms with E-state index >= 15 is 0 Å². The first kappa shape index (κ1) is 15.4. The molecule has 0 spiro atoms. The lowest BCUT2D eigenvalue weighted by Crippen LogP contribution is -2.34. The van der Waals surface area contributed by atoms with Crippen molar-refractivity contribution in [3.63, 3.8) is 0 Å². The van der Waals surface area contributed by atoms with Crippen LogP contribution in [0.15, 0.2) is 23.0 Å². The Morgan fingerprint density at radius 2 is 2.10 bits per heavy atom. The van der Waals surface area contributed by atoms with Gasteiger partial charge in [0, 0.05) is 18.3 Å². The van der Waals surface area contributed by atoms with Gasteiger partial charge in [-0.05, 0) is 38.5 Å². The zero-order valence-electron chi connectivity index (χ0n) is 13.0. The zero-order chi connectivity index (χ0) is 15.4. The SMILES string of the molecule is CCCCCN(c1nc2ccc(N)cc2c(=O)[nH]1)C(C)C. The number of unbranched alkanes of at least 4 members (excludes halogenated alkanes) is 2. The fraction of sp³-hybridized carbons (Fsp3) is 0.500. The maximum Gasteiger partial charge on any atom is 0.260 e. The standard InChI is InChI=1S/C16H24N4O/c1-4-5-6-9-20(11(2)3)16-18-14-8-7-12(17)10-13(14)15(21)19-16/h7-8,10-11H,4-6,9,17H2,1-3H3,(H,18,19,21). The van der Waals surface area contributed by atoms with Crippen LogP contribution in [0.1, 0.15) is 40.0 Å². The Morgan fingerprint density at radius 3 is 2.76 bits per heavy atom. The van der Waals surface area contributed by atoms with Gasteiger partial charge in [-0.2, -0.15) is 0 Å². The second-order valence-electron chi connectivity index (χ2n) is 5.66. The van der Waals surface area contributed by atoms with E-state index < -0.39 is 0 Å². The highest BCUT2D eigenvalue weighted by Gasteiger charge is 2.14. The molecule has 0 radical (unpaired) electrons. The number of benzene rings is 1. The quantitative estimate of drug-likeness (QED) is 0.633. The second kappa shape index (κ2) is 6.61. The first-order valence-electron chi connectivity index (χ1n) is 7.59. The average Bonchev–Trinajstić information content (AvgIpc) is 2.44. The molecule has 0 saturated carbocycles. The number of nitrogens with two attached hydrogens (primary N) is 1. The molecule has 2 rings (SSSR count). The number of anilines is 2. The van der Waals surface area contributed by atoms with Crippen molar-refractivity contribution < 1.29 is 0 Å². The number of aromatic nitrogens is 2. The third-order valence-corrected chi connectivity index (χ3v) is 3.61. The molecule has 0 atom stereocenters. The summed E-state index contributed by atoms with van der Waals surface area (Å²) < 4.78 is 0. The van der Waals surface area contributed by atoms with Crippen LogP contribution in [0, 0.1) is 0 Å². The third-order valence-electron chi connectivity index (χ3n) is 3.61. The van der Waals surface area contributed by atoms with Crippen LogP contribution >= 0.6 is 0 Å². The fourth-order valence-corrected chi connectivity index (χ4v) is 2.42. The number of rotatable bonds is 6. The van der Waals surface area contributed by atoms with Gasteiger partial charge in [0.05, 0.1) is 10.9 Å². The molecule has 21 heavy (non-hydrogen) atoms. The van der Waals surface area contributed by atoms with Crippen LogP contribution in [0.2, 0.25) is 0 Å². The number of aromatic amines is 1. The Bertz CT molecular complexity index is 663. The van der Waals surface area contributed by atoms with Gasteiger partial charge in [0.15, 0.2) is 0 Å². The van der Waals surface area contributed by atoms with E-state index in [0.717, 1.165) is 13.0 Å². The van der Waals surface area contributed by atoms with E-state index in [0.29, 0.717) is 22.5 Å². The van der Waals surface area contributed by atoms with Gasteiger partial charge in [0.2, 0.25) is 5.95 Å². The molecule has 3 N–H and O–H groups in total. The summed E-state index contributed by atoms with van der Waals surface area (Å²) in [7, 11) is 0. The summed E-state index contributed by atoms with van der Waals surface area (Å²) in [4.78, 5) is 21.9. The predicted octanol–water partition coefficient (Wildman–Crippen LogP) is 2.91. The molecule has 0 bridgehead atoms. The van der Waals surface area contributed by atoms with Gasteiger partial charge < -0.3 is 10.6 Å². The molecule has 0 saturated heterocycles. The van der Waals surface area contributed by atoms with E-state index in [1.807, 2.05) is 0 Å². The van der Waals surface area contributed by atoms with E-state index in [4.69, 9.17) is 5.73 Å². The number of nitrogens with zero attached hydrogens (tertiary/aromatic N) is 2. The maximum atomic E-state index is 12.2. The Morgan fingerprint density at radius 1 is 1.33 bits per heavy atom. The number of fused-ring (bicyclic) bond motifs is 1. The van der Waals surface area contributed by atoms with Gasteiger partial charge >= 0.3 is 0 Å². The number of hydrogen-bond acceptors (Lipinski definition) is 4. The van der Waals surface area contributed by atoms with Crippen molar-refractivity contribution in [1.29, 1.82) is 0 Å². The molecule has 0 aliphatic rings. The Labute approximate surface area is 125 Å². The average molecular weight is 288 g/mol. The highest BCUT2D eigenvalue weighted by atomic mass is 16.1. The normalized spacial score (nSPS) is 11.2. The summed E-state index contributed by atoms with van der Waals surface area (Å²) >= 11 is 0. The zero-order valence-corrected chi connectivity index (χ0v) is 13.0. The lowest BCUT2D eigenvalue weighted by molar-refractivity contribution is 0.613. The highest BCUT2D eigenvalue weighted by molar-refractivity contribution is 5.81. The molecular formula is C16H24N4O. The third kappa shape index (κ3) is 3.54. The highest BCUT2D eigenvalue weighted by Crippen LogP contribution is 2.17. The topological polar surface area (TPSA) is 75.0 Å². The number of H-pyrrole nitrogens is 1. The second-order valence-corrected chi connectivity index (χ2v) is 5.66. The van der Waals surface area contributed by atoms with Gasteiger partial charge in [-0.3, -0.25) is 9.78 Å². The maximum absolute atomic E-state index is 12.2. The first-order valence-corrected chi connectivity index (χ1v) is 7.59. The van der Waals surface area contributed by atoms with Crippen molar-refractivity contribution in [3.8, 4) is 0 Å². The number of nitrogen functional groups attached to an aromatic ring is 1. The van der Waals surface area contributed by atoms with Crippen LogP contribution in [-0.4, -0.2) is 22.6 Å². The number of hydrogen-bond donors (Lipinski definition) is 2. The molecule has 1 heterocycles. The van der Waals surface area contributed by atoms with Gasteiger partial charge in [0.25, 0.3) is 5.56 Å². The molecular weight excluding hydrogens is 264 g/mol. The van der Waals surface area contributed by atoms with Crippen LogP contribution in [0.4, 0.5) is 11.6 Å². The smallest absolute Gasteiger partial charge is 0.260 e. The molecule has 5 nitrogen and oxygen atoms in total. The molecule has 114 valence electrons. The molecule has 5 heteroatoms. The van der Waals surface area contributed by atoms with Gasteiger partial charge in [-0.25, -0.2) is 4.98 Å².